The maximum Gasteiger partial charge on any atom is 2.00 e. The van der Waals surface area contributed by atoms with E-state index < -0.39 is 0 Å². The van der Waals surface area contributed by atoms with Crippen molar-refractivity contribution in [2.45, 2.75) is 170 Å². The van der Waals surface area contributed by atoms with Crippen molar-refractivity contribution < 1.29 is 0 Å². The fraction of sp³-hybridized carbons (Fsp3) is 0.765. The zero-order chi connectivity index (χ0) is 25.0. The minimum Gasteiger partial charge on any atom is -0.269 e. The molecule has 2 aliphatic rings. The third kappa shape index (κ3) is 14.2. The summed E-state index contributed by atoms with van der Waals surface area (Å²) >= 11 is 0. The van der Waals surface area contributed by atoms with Crippen LogP contribution < -0.4 is 0 Å². The monoisotopic (exact) mass is 554 g/mol. The summed E-state index contributed by atoms with van der Waals surface area (Å²) in [5.74, 6) is 0. The Balaban J connectivity index is 0.000000642. The van der Waals surface area contributed by atoms with Gasteiger partial charge in [-0.1, -0.05) is 144 Å². The minimum atomic E-state index is 0. The predicted molar refractivity (Wildman–Crippen MR) is 160 cm³/mol. The van der Waals surface area contributed by atoms with Gasteiger partial charge in [0, 0.05) is 0 Å². The first-order valence-electron chi connectivity index (χ1n) is 15.3. The molecule has 2 rings (SSSR count). The van der Waals surface area contributed by atoms with Crippen molar-refractivity contribution in [3.05, 3.63) is 45.6 Å². The fourth-order valence-corrected chi connectivity index (χ4v) is 5.09. The first-order valence-corrected chi connectivity index (χ1v) is 15.3. The first-order chi connectivity index (χ1) is 16.7. The maximum atomic E-state index is 3.65. The molecule has 0 radical (unpaired) electrons. The molecule has 0 aliphatic heterocycles. The number of rotatable bonds is 18. The van der Waals surface area contributed by atoms with Crippen LogP contribution >= 0.6 is 0 Å². The van der Waals surface area contributed by atoms with E-state index in [4.69, 9.17) is 0 Å². The molecule has 1 heteroatoms. The topological polar surface area (TPSA) is 0 Å². The second-order valence-corrected chi connectivity index (χ2v) is 10.4. The molecule has 2 aliphatic carbocycles. The van der Waals surface area contributed by atoms with Gasteiger partial charge in [-0.2, -0.15) is 22.3 Å². The van der Waals surface area contributed by atoms with Gasteiger partial charge < -0.3 is 0 Å². The number of allylic oxidation sites excluding steroid dienone is 8. The molecule has 35 heavy (non-hydrogen) atoms. The van der Waals surface area contributed by atoms with Crippen LogP contribution in [-0.4, -0.2) is 45.5 Å². The van der Waals surface area contributed by atoms with Crippen LogP contribution in [-0.2, 0) is 0 Å². The Morgan fingerprint density at radius 2 is 0.714 bits per heavy atom. The van der Waals surface area contributed by atoms with Crippen molar-refractivity contribution in [1.82, 2.24) is 0 Å². The molecule has 0 fully saturated rings. The van der Waals surface area contributed by atoms with Gasteiger partial charge in [-0.05, 0) is 12.8 Å². The summed E-state index contributed by atoms with van der Waals surface area (Å²) in [6, 6.07) is 0. The average Bonchev–Trinajstić information content (AvgIpc) is 3.43. The molecule has 0 atom stereocenters. The molecule has 0 saturated heterocycles. The largest absolute Gasteiger partial charge is 2.00 e. The average molecular weight is 554 g/mol. The summed E-state index contributed by atoms with van der Waals surface area (Å²) in [6.45, 7) is 13.7. The third-order valence-electron chi connectivity index (χ3n) is 7.40. The molecule has 0 amide bonds. The molecular formula is C34H58Sr. The van der Waals surface area contributed by atoms with E-state index in [1.165, 1.54) is 116 Å². The summed E-state index contributed by atoms with van der Waals surface area (Å²) in [6.07, 6.45) is 33.3. The summed E-state index contributed by atoms with van der Waals surface area (Å²) in [4.78, 5) is 0. The molecule has 0 unspecified atom stereocenters. The van der Waals surface area contributed by atoms with E-state index in [1.54, 1.807) is 33.4 Å². The Bertz CT molecular complexity index is 600. The molecule has 0 bridgehead atoms. The Morgan fingerprint density at radius 3 is 1.03 bits per heavy atom. The second-order valence-electron chi connectivity index (χ2n) is 10.4. The summed E-state index contributed by atoms with van der Waals surface area (Å²) < 4.78 is 0. The van der Waals surface area contributed by atoms with Crippen LogP contribution in [0.4, 0.5) is 0 Å². The van der Waals surface area contributed by atoms with Crippen LogP contribution in [0.1, 0.15) is 170 Å². The van der Waals surface area contributed by atoms with Gasteiger partial charge in [-0.15, -0.1) is 12.8 Å². The van der Waals surface area contributed by atoms with E-state index in [0.717, 1.165) is 12.8 Å². The number of unbranched alkanes of at least 4 members (excludes halogenated alkanes) is 6. The second kappa shape index (κ2) is 23.5. The van der Waals surface area contributed by atoms with E-state index >= 15 is 0 Å². The van der Waals surface area contributed by atoms with E-state index in [1.807, 2.05) is 0 Å². The van der Waals surface area contributed by atoms with E-state index in [9.17, 15) is 0 Å². The Morgan fingerprint density at radius 1 is 0.429 bits per heavy atom. The van der Waals surface area contributed by atoms with Crippen molar-refractivity contribution in [2.75, 3.05) is 0 Å². The van der Waals surface area contributed by atoms with Crippen LogP contribution in [0.3, 0.4) is 0 Å². The summed E-state index contributed by atoms with van der Waals surface area (Å²) in [5.41, 5.74) is 9.98. The van der Waals surface area contributed by atoms with Crippen molar-refractivity contribution in [2.24, 2.45) is 0 Å². The van der Waals surface area contributed by atoms with E-state index in [0.29, 0.717) is 0 Å². The summed E-state index contributed by atoms with van der Waals surface area (Å²) in [5, 5.41) is 0. The molecule has 0 nitrogen and oxygen atoms in total. The molecule has 0 heterocycles. The van der Waals surface area contributed by atoms with Gasteiger partial charge in [0.2, 0.25) is 0 Å². The first kappa shape index (κ1) is 35.4. The Hall–Kier alpha value is 0.441. The third-order valence-corrected chi connectivity index (χ3v) is 7.40. The normalized spacial score (nSPS) is 15.1. The van der Waals surface area contributed by atoms with Crippen molar-refractivity contribution in [3.8, 4) is 0 Å². The predicted octanol–water partition coefficient (Wildman–Crippen LogP) is 11.6. The van der Waals surface area contributed by atoms with Crippen LogP contribution in [0.25, 0.3) is 0 Å². The molecule has 0 N–H and O–H groups in total. The summed E-state index contributed by atoms with van der Waals surface area (Å²) in [7, 11) is 0. The van der Waals surface area contributed by atoms with Crippen molar-refractivity contribution >= 4 is 45.5 Å². The van der Waals surface area contributed by atoms with Gasteiger partial charge >= 0.3 is 45.5 Å². The Kier molecular flexibility index (Phi) is 23.8. The fourth-order valence-electron chi connectivity index (χ4n) is 5.09. The van der Waals surface area contributed by atoms with Crippen LogP contribution in [0, 0.1) is 12.2 Å². The van der Waals surface area contributed by atoms with Crippen LogP contribution in [0.15, 0.2) is 33.4 Å². The van der Waals surface area contributed by atoms with Gasteiger partial charge in [0.05, 0.1) is 0 Å². The van der Waals surface area contributed by atoms with Gasteiger partial charge in [-0.3, -0.25) is 12.2 Å². The van der Waals surface area contributed by atoms with Gasteiger partial charge in [0.25, 0.3) is 0 Å². The SMILES string of the molecule is CCCCC1=[C-]CC(CCCC)=C1CCCC.CCCCC1=[C-]CC(CCCC)=C1CCCC.[Sr+2]. The maximum absolute atomic E-state index is 3.65. The molecule has 0 aromatic rings. The number of hydrogen-bond donors (Lipinski definition) is 0. The molecule has 196 valence electrons. The molecule has 0 saturated carbocycles. The standard InChI is InChI=1S/2C17H29.Sr/c2*1-4-7-10-15-13-14-16(11-8-5-2)17(15)12-9-6-3;/h2*4-13H2,1-3H3;/q2*-1;+2. The van der Waals surface area contributed by atoms with Crippen molar-refractivity contribution in [3.63, 3.8) is 0 Å². The zero-order valence-electron chi connectivity index (χ0n) is 24.8. The molecule has 0 spiro atoms. The van der Waals surface area contributed by atoms with Crippen LogP contribution in [0.5, 0.6) is 0 Å². The van der Waals surface area contributed by atoms with Gasteiger partial charge in [0.15, 0.2) is 0 Å². The molecule has 0 aromatic carbocycles. The Labute approximate surface area is 258 Å². The van der Waals surface area contributed by atoms with Gasteiger partial charge in [-0.25, -0.2) is 11.1 Å². The van der Waals surface area contributed by atoms with Crippen molar-refractivity contribution in [1.29, 1.82) is 0 Å². The van der Waals surface area contributed by atoms with E-state index in [-0.39, 0.29) is 45.5 Å². The quantitative estimate of drug-likeness (QED) is 0.117. The van der Waals surface area contributed by atoms with Gasteiger partial charge in [0.1, 0.15) is 0 Å². The van der Waals surface area contributed by atoms with Crippen LogP contribution in [0.2, 0.25) is 0 Å². The van der Waals surface area contributed by atoms with E-state index in [2.05, 4.69) is 53.7 Å². The molecular weight excluding hydrogens is 496 g/mol. The minimum absolute atomic E-state index is 0. The molecule has 0 aromatic heterocycles. The number of hydrogen-bond acceptors (Lipinski definition) is 0. The smallest absolute Gasteiger partial charge is 0.269 e. The zero-order valence-corrected chi connectivity index (χ0v) is 28.3.